The zero-order valence-corrected chi connectivity index (χ0v) is 14.6. The summed E-state index contributed by atoms with van der Waals surface area (Å²) in [6.07, 6.45) is 5.68. The number of amides is 1. The molecule has 1 fully saturated rings. The van der Waals surface area contributed by atoms with Gasteiger partial charge in [0.15, 0.2) is 0 Å². The van der Waals surface area contributed by atoms with E-state index in [1.807, 2.05) is 43.7 Å². The minimum atomic E-state index is -0.185. The lowest BCUT2D eigenvalue weighted by Gasteiger charge is -2.06. The summed E-state index contributed by atoms with van der Waals surface area (Å²) in [7, 11) is 1.88. The van der Waals surface area contributed by atoms with E-state index >= 15 is 0 Å². The second-order valence-corrected chi connectivity index (χ2v) is 6.39. The highest BCUT2D eigenvalue weighted by molar-refractivity contribution is 5.95. The summed E-state index contributed by atoms with van der Waals surface area (Å²) in [4.78, 5) is 23.7. The van der Waals surface area contributed by atoms with Crippen molar-refractivity contribution in [1.29, 1.82) is 0 Å². The minimum Gasteiger partial charge on any atom is -0.466 e. The quantitative estimate of drug-likeness (QED) is 0.786. The molecule has 1 saturated carbocycles. The molecule has 6 nitrogen and oxygen atoms in total. The molecule has 0 bridgehead atoms. The van der Waals surface area contributed by atoms with Crippen molar-refractivity contribution < 1.29 is 14.3 Å². The van der Waals surface area contributed by atoms with Crippen LogP contribution in [0.5, 0.6) is 0 Å². The monoisotopic (exact) mass is 341 g/mol. The molecule has 0 spiro atoms. The van der Waals surface area contributed by atoms with Crippen molar-refractivity contribution in [2.24, 2.45) is 13.0 Å². The molecule has 0 saturated heterocycles. The Morgan fingerprint density at radius 3 is 2.72 bits per heavy atom. The molecule has 1 heterocycles. The summed E-state index contributed by atoms with van der Waals surface area (Å²) in [5.41, 5.74) is 2.95. The Labute approximate surface area is 147 Å². The molecular weight excluding hydrogens is 318 g/mol. The molecule has 0 aliphatic heterocycles. The number of aromatic nitrogens is 2. The predicted octanol–water partition coefficient (Wildman–Crippen LogP) is 2.66. The maximum absolute atomic E-state index is 12.3. The molecule has 3 rings (SSSR count). The van der Waals surface area contributed by atoms with Crippen LogP contribution < -0.4 is 5.32 Å². The van der Waals surface area contributed by atoms with Crippen LogP contribution in [0.1, 0.15) is 36.8 Å². The number of ether oxygens (including phenoxy) is 1. The molecule has 2 unspecified atom stereocenters. The number of nitrogens with one attached hydrogen (secondary N) is 1. The minimum absolute atomic E-state index is 0.0210. The van der Waals surface area contributed by atoms with Gasteiger partial charge in [0.05, 0.1) is 12.8 Å². The van der Waals surface area contributed by atoms with E-state index in [1.165, 1.54) is 0 Å². The lowest BCUT2D eigenvalue weighted by atomic mass is 10.1. The molecule has 6 heteroatoms. The van der Waals surface area contributed by atoms with Crippen molar-refractivity contribution in [2.45, 2.75) is 32.1 Å². The summed E-state index contributed by atoms with van der Waals surface area (Å²) in [5, 5.41) is 7.12. The van der Waals surface area contributed by atoms with Crippen LogP contribution in [0.4, 0.5) is 5.69 Å². The number of nitrogens with zero attached hydrogens (tertiary/aromatic N) is 2. The van der Waals surface area contributed by atoms with E-state index in [4.69, 9.17) is 4.74 Å². The summed E-state index contributed by atoms with van der Waals surface area (Å²) in [6.45, 7) is 2.21. The first-order chi connectivity index (χ1) is 12.1. The smallest absolute Gasteiger partial charge is 0.306 e. The number of anilines is 1. The molecule has 1 aliphatic carbocycles. The number of aryl methyl sites for hydroxylation is 2. The molecule has 132 valence electrons. The van der Waals surface area contributed by atoms with E-state index in [0.29, 0.717) is 19.4 Å². The van der Waals surface area contributed by atoms with Gasteiger partial charge in [-0.15, -0.1) is 0 Å². The van der Waals surface area contributed by atoms with Crippen molar-refractivity contribution in [3.63, 3.8) is 0 Å². The highest BCUT2D eigenvalue weighted by atomic mass is 16.5. The molecule has 1 aromatic heterocycles. The number of carbonyl (C=O) groups excluding carboxylic acids is 2. The average Bonchev–Trinajstić information content (AvgIpc) is 3.29. The summed E-state index contributed by atoms with van der Waals surface area (Å²) in [5.74, 6) is 0.161. The number of hydrogen-bond donors (Lipinski definition) is 1. The highest BCUT2D eigenvalue weighted by Crippen LogP contribution is 2.47. The van der Waals surface area contributed by atoms with Crippen molar-refractivity contribution >= 4 is 17.6 Å². The van der Waals surface area contributed by atoms with Crippen LogP contribution >= 0.6 is 0 Å². The van der Waals surface area contributed by atoms with E-state index in [-0.39, 0.29) is 23.7 Å². The van der Waals surface area contributed by atoms with Gasteiger partial charge >= 0.3 is 5.97 Å². The number of rotatable bonds is 7. The van der Waals surface area contributed by atoms with Gasteiger partial charge in [0, 0.05) is 31.3 Å². The molecule has 25 heavy (non-hydrogen) atoms. The predicted molar refractivity (Wildman–Crippen MR) is 94.1 cm³/mol. The fourth-order valence-corrected chi connectivity index (χ4v) is 2.95. The maximum Gasteiger partial charge on any atom is 0.306 e. The molecular formula is C19H23N3O3. The summed E-state index contributed by atoms with van der Waals surface area (Å²) < 4.78 is 6.68. The van der Waals surface area contributed by atoms with Crippen molar-refractivity contribution in [1.82, 2.24) is 9.78 Å². The van der Waals surface area contributed by atoms with Gasteiger partial charge in [0.1, 0.15) is 0 Å². The zero-order chi connectivity index (χ0) is 17.8. The van der Waals surface area contributed by atoms with Gasteiger partial charge in [-0.25, -0.2) is 0 Å². The fraction of sp³-hybridized carbons (Fsp3) is 0.421. The molecule has 0 radical (unpaired) electrons. The van der Waals surface area contributed by atoms with E-state index in [1.54, 1.807) is 11.6 Å². The zero-order valence-electron chi connectivity index (χ0n) is 14.6. The first kappa shape index (κ1) is 17.2. The van der Waals surface area contributed by atoms with Crippen LogP contribution in [0, 0.1) is 5.92 Å². The first-order valence-electron chi connectivity index (χ1n) is 8.60. The Bertz CT molecular complexity index is 752. The van der Waals surface area contributed by atoms with Gasteiger partial charge in [-0.05, 0) is 48.9 Å². The molecule has 2 aromatic rings. The Morgan fingerprint density at radius 2 is 2.08 bits per heavy atom. The SMILES string of the molecule is CCOC(=O)CCc1ccc(NC(=O)C2CC2c2cnn(C)c2)cc1. The average molecular weight is 341 g/mol. The van der Waals surface area contributed by atoms with E-state index in [9.17, 15) is 9.59 Å². The summed E-state index contributed by atoms with van der Waals surface area (Å²) >= 11 is 0. The maximum atomic E-state index is 12.3. The van der Waals surface area contributed by atoms with Crippen LogP contribution in [0.25, 0.3) is 0 Å². The molecule has 2 atom stereocenters. The third kappa shape index (κ3) is 4.47. The third-order valence-electron chi connectivity index (χ3n) is 4.42. The Kier molecular flexibility index (Phi) is 5.16. The van der Waals surface area contributed by atoms with Crippen LogP contribution in [-0.2, 0) is 27.8 Å². The van der Waals surface area contributed by atoms with Gasteiger partial charge in [-0.3, -0.25) is 14.3 Å². The summed E-state index contributed by atoms with van der Waals surface area (Å²) in [6, 6.07) is 7.61. The van der Waals surface area contributed by atoms with Gasteiger partial charge < -0.3 is 10.1 Å². The van der Waals surface area contributed by atoms with Crippen LogP contribution in [-0.4, -0.2) is 28.3 Å². The Morgan fingerprint density at radius 1 is 1.32 bits per heavy atom. The third-order valence-corrected chi connectivity index (χ3v) is 4.42. The van der Waals surface area contributed by atoms with Crippen molar-refractivity contribution in [3.05, 3.63) is 47.8 Å². The molecule has 1 amide bonds. The van der Waals surface area contributed by atoms with Crippen LogP contribution in [0.15, 0.2) is 36.7 Å². The first-order valence-corrected chi connectivity index (χ1v) is 8.60. The number of esters is 1. The number of benzene rings is 1. The normalized spacial score (nSPS) is 18.6. The van der Waals surface area contributed by atoms with Gasteiger partial charge in [0.2, 0.25) is 5.91 Å². The van der Waals surface area contributed by atoms with Gasteiger partial charge in [-0.2, -0.15) is 5.10 Å². The van der Waals surface area contributed by atoms with Gasteiger partial charge in [-0.1, -0.05) is 12.1 Å². The topological polar surface area (TPSA) is 73.2 Å². The van der Waals surface area contributed by atoms with Gasteiger partial charge in [0.25, 0.3) is 0 Å². The Balaban J connectivity index is 1.48. The largest absolute Gasteiger partial charge is 0.466 e. The Hall–Kier alpha value is -2.63. The molecule has 1 aliphatic rings. The lowest BCUT2D eigenvalue weighted by molar-refractivity contribution is -0.143. The molecule has 1 aromatic carbocycles. The highest BCUT2D eigenvalue weighted by Gasteiger charge is 2.44. The lowest BCUT2D eigenvalue weighted by Crippen LogP contribution is -2.14. The van der Waals surface area contributed by atoms with E-state index in [0.717, 1.165) is 23.2 Å². The van der Waals surface area contributed by atoms with Crippen LogP contribution in [0.2, 0.25) is 0 Å². The second-order valence-electron chi connectivity index (χ2n) is 6.39. The second kappa shape index (κ2) is 7.51. The van der Waals surface area contributed by atoms with E-state index in [2.05, 4.69) is 10.4 Å². The van der Waals surface area contributed by atoms with E-state index < -0.39 is 0 Å². The standard InChI is InChI=1S/C19H23N3O3/c1-3-25-18(23)9-6-13-4-7-15(8-5-13)21-19(24)17-10-16(17)14-11-20-22(2)12-14/h4-5,7-8,11-12,16-17H,3,6,9-10H2,1-2H3,(H,21,24). The van der Waals surface area contributed by atoms with Crippen molar-refractivity contribution in [2.75, 3.05) is 11.9 Å². The van der Waals surface area contributed by atoms with Crippen molar-refractivity contribution in [3.8, 4) is 0 Å². The molecule has 1 N–H and O–H groups in total. The fourth-order valence-electron chi connectivity index (χ4n) is 2.95. The van der Waals surface area contributed by atoms with Crippen LogP contribution in [0.3, 0.4) is 0 Å². The number of hydrogen-bond acceptors (Lipinski definition) is 4. The number of carbonyl (C=O) groups is 2.